The van der Waals surface area contributed by atoms with Crippen molar-refractivity contribution in [3.8, 4) is 5.75 Å². The fourth-order valence-electron chi connectivity index (χ4n) is 1.83. The number of nitrogens with one attached hydrogen (secondary N) is 1. The number of methoxy groups -OCH3 is 1. The molecule has 4 nitrogen and oxygen atoms in total. The van der Waals surface area contributed by atoms with Gasteiger partial charge in [0.1, 0.15) is 11.6 Å². The maximum Gasteiger partial charge on any atom is 0.249 e. The van der Waals surface area contributed by atoms with E-state index in [0.717, 1.165) is 19.2 Å². The minimum absolute atomic E-state index is 0.237. The molecule has 1 aromatic carbocycles. The predicted octanol–water partition coefficient (Wildman–Crippen LogP) is 4.42. The van der Waals surface area contributed by atoms with Crippen LogP contribution in [0.4, 0.5) is 5.82 Å². The molecule has 1 amide bonds. The number of ether oxygens (including phenoxy) is 1. The Morgan fingerprint density at radius 3 is 2.86 bits per heavy atom. The van der Waals surface area contributed by atoms with Crippen LogP contribution in [-0.2, 0) is 4.79 Å². The summed E-state index contributed by atoms with van der Waals surface area (Å²) in [6.07, 6.45) is 4.88. The summed E-state index contributed by atoms with van der Waals surface area (Å²) in [6, 6.07) is 7.57. The lowest BCUT2D eigenvalue weighted by atomic mass is 10.2. The Kier molecular flexibility index (Phi) is 5.96. The first-order valence-corrected chi connectivity index (χ1v) is 8.31. The van der Waals surface area contributed by atoms with E-state index in [2.05, 4.69) is 48.8 Å². The maximum absolute atomic E-state index is 12.0. The van der Waals surface area contributed by atoms with Gasteiger partial charge in [-0.2, -0.15) is 0 Å². The number of nitrogens with zero attached hydrogens (tertiary/aromatic N) is 1. The molecule has 1 N–H and O–H groups in total. The zero-order valence-electron chi connectivity index (χ0n) is 12.1. The number of benzene rings is 1. The molecule has 0 aliphatic carbocycles. The lowest BCUT2D eigenvalue weighted by Gasteiger charge is -2.06. The van der Waals surface area contributed by atoms with Gasteiger partial charge in [-0.05, 0) is 65.4 Å². The van der Waals surface area contributed by atoms with Crippen LogP contribution < -0.4 is 10.1 Å². The summed E-state index contributed by atoms with van der Waals surface area (Å²) in [5, 5.41) is 2.77. The van der Waals surface area contributed by atoms with Gasteiger partial charge < -0.3 is 10.1 Å². The highest BCUT2D eigenvalue weighted by molar-refractivity contribution is 14.1. The van der Waals surface area contributed by atoms with Gasteiger partial charge in [0.15, 0.2) is 0 Å². The molecule has 0 bridgehead atoms. The molecule has 6 heteroatoms. The van der Waals surface area contributed by atoms with E-state index >= 15 is 0 Å². The van der Waals surface area contributed by atoms with Crippen molar-refractivity contribution in [3.05, 3.63) is 55.7 Å². The number of aromatic nitrogens is 1. The monoisotopic (exact) mass is 472 g/mol. The summed E-state index contributed by atoms with van der Waals surface area (Å²) >= 11 is 5.59. The number of carbonyl (C=O) groups is 1. The van der Waals surface area contributed by atoms with E-state index in [1.165, 1.54) is 6.08 Å². The van der Waals surface area contributed by atoms with E-state index in [4.69, 9.17) is 4.74 Å². The van der Waals surface area contributed by atoms with E-state index in [0.29, 0.717) is 11.6 Å². The molecule has 0 saturated heterocycles. The van der Waals surface area contributed by atoms with Crippen molar-refractivity contribution in [2.45, 2.75) is 6.92 Å². The zero-order valence-corrected chi connectivity index (χ0v) is 15.8. The largest absolute Gasteiger partial charge is 0.496 e. The molecule has 22 heavy (non-hydrogen) atoms. The number of hydrogen-bond donors (Lipinski definition) is 1. The fourth-order valence-corrected chi connectivity index (χ4v) is 2.82. The summed E-state index contributed by atoms with van der Waals surface area (Å²) in [4.78, 5) is 16.2. The molecule has 114 valence electrons. The van der Waals surface area contributed by atoms with Crippen LogP contribution in [0.15, 0.2) is 41.0 Å². The van der Waals surface area contributed by atoms with Gasteiger partial charge >= 0.3 is 0 Å². The summed E-state index contributed by atoms with van der Waals surface area (Å²) in [7, 11) is 1.60. The highest BCUT2D eigenvalue weighted by Gasteiger charge is 2.05. The lowest BCUT2D eigenvalue weighted by molar-refractivity contribution is -0.111. The number of halogens is 2. The third kappa shape index (κ3) is 4.54. The SMILES string of the molecule is COc1ccc(Br)cc1C=CC(=O)Nc1ncc(I)cc1C. The zero-order chi connectivity index (χ0) is 16.1. The van der Waals surface area contributed by atoms with Crippen LogP contribution in [0.5, 0.6) is 5.75 Å². The van der Waals surface area contributed by atoms with Gasteiger partial charge in [0.25, 0.3) is 0 Å². The summed E-state index contributed by atoms with van der Waals surface area (Å²) in [5.41, 5.74) is 1.74. The molecule has 0 fully saturated rings. The summed E-state index contributed by atoms with van der Waals surface area (Å²) < 4.78 is 7.22. The summed E-state index contributed by atoms with van der Waals surface area (Å²) in [5.74, 6) is 1.03. The van der Waals surface area contributed by atoms with Crippen molar-refractivity contribution in [1.82, 2.24) is 4.98 Å². The molecule has 2 aromatic rings. The average Bonchev–Trinajstić information content (AvgIpc) is 2.48. The van der Waals surface area contributed by atoms with Gasteiger partial charge in [0, 0.05) is 25.9 Å². The number of amides is 1. The van der Waals surface area contributed by atoms with Gasteiger partial charge in [-0.3, -0.25) is 4.79 Å². The van der Waals surface area contributed by atoms with Crippen LogP contribution in [0.3, 0.4) is 0 Å². The molecule has 0 spiro atoms. The Morgan fingerprint density at radius 2 is 2.18 bits per heavy atom. The van der Waals surface area contributed by atoms with Crippen LogP contribution in [0.25, 0.3) is 6.08 Å². The number of anilines is 1. The second kappa shape index (κ2) is 7.73. The fraction of sp³-hybridized carbons (Fsp3) is 0.125. The molecular formula is C16H14BrIN2O2. The van der Waals surface area contributed by atoms with Crippen molar-refractivity contribution in [3.63, 3.8) is 0 Å². The molecule has 1 aromatic heterocycles. The molecule has 1 heterocycles. The van der Waals surface area contributed by atoms with E-state index < -0.39 is 0 Å². The standard InChI is InChI=1S/C16H14BrIN2O2/c1-10-7-13(18)9-19-16(10)20-15(21)6-3-11-8-12(17)4-5-14(11)22-2/h3-9H,1-2H3,(H,19,20,21). The third-order valence-electron chi connectivity index (χ3n) is 2.89. The van der Waals surface area contributed by atoms with Crippen LogP contribution >= 0.6 is 38.5 Å². The Labute approximate surface area is 151 Å². The lowest BCUT2D eigenvalue weighted by Crippen LogP contribution is -2.10. The van der Waals surface area contributed by atoms with Gasteiger partial charge in [-0.1, -0.05) is 15.9 Å². The Hall–Kier alpha value is -1.41. The molecule has 0 aliphatic rings. The van der Waals surface area contributed by atoms with Crippen LogP contribution in [0.2, 0.25) is 0 Å². The topological polar surface area (TPSA) is 51.2 Å². The van der Waals surface area contributed by atoms with Crippen LogP contribution in [0, 0.1) is 10.5 Å². The van der Waals surface area contributed by atoms with Crippen molar-refractivity contribution in [1.29, 1.82) is 0 Å². The third-order valence-corrected chi connectivity index (χ3v) is 3.98. The van der Waals surface area contributed by atoms with Gasteiger partial charge in [0.05, 0.1) is 7.11 Å². The molecular weight excluding hydrogens is 459 g/mol. The van der Waals surface area contributed by atoms with Crippen molar-refractivity contribution in [2.75, 3.05) is 12.4 Å². The maximum atomic E-state index is 12.0. The van der Waals surface area contributed by atoms with Gasteiger partial charge in [-0.15, -0.1) is 0 Å². The van der Waals surface area contributed by atoms with Gasteiger partial charge in [0.2, 0.25) is 5.91 Å². The average molecular weight is 473 g/mol. The molecule has 0 radical (unpaired) electrons. The predicted molar refractivity (Wildman–Crippen MR) is 100 cm³/mol. The number of hydrogen-bond acceptors (Lipinski definition) is 3. The Balaban J connectivity index is 2.13. The quantitative estimate of drug-likeness (QED) is 0.529. The normalized spacial score (nSPS) is 10.7. The number of carbonyl (C=O) groups excluding carboxylic acids is 1. The van der Waals surface area contributed by atoms with E-state index in [1.807, 2.05) is 31.2 Å². The summed E-state index contributed by atoms with van der Waals surface area (Å²) in [6.45, 7) is 1.91. The molecule has 0 saturated carbocycles. The van der Waals surface area contributed by atoms with Crippen molar-refractivity contribution >= 4 is 56.3 Å². The smallest absolute Gasteiger partial charge is 0.249 e. The minimum atomic E-state index is -0.237. The number of pyridine rings is 1. The van der Waals surface area contributed by atoms with E-state index in [9.17, 15) is 4.79 Å². The van der Waals surface area contributed by atoms with Crippen molar-refractivity contribution < 1.29 is 9.53 Å². The first-order chi connectivity index (χ1) is 10.5. The molecule has 0 aliphatic heterocycles. The van der Waals surface area contributed by atoms with E-state index in [-0.39, 0.29) is 5.91 Å². The highest BCUT2D eigenvalue weighted by Crippen LogP contribution is 2.24. The Bertz CT molecular complexity index is 732. The second-order valence-corrected chi connectivity index (χ2v) is 6.69. The van der Waals surface area contributed by atoms with Crippen LogP contribution in [-0.4, -0.2) is 18.0 Å². The van der Waals surface area contributed by atoms with Gasteiger partial charge in [-0.25, -0.2) is 4.98 Å². The van der Waals surface area contributed by atoms with E-state index in [1.54, 1.807) is 19.4 Å². The highest BCUT2D eigenvalue weighted by atomic mass is 127. The second-order valence-electron chi connectivity index (χ2n) is 4.53. The van der Waals surface area contributed by atoms with Crippen LogP contribution in [0.1, 0.15) is 11.1 Å². The molecule has 0 unspecified atom stereocenters. The molecule has 2 rings (SSSR count). The number of rotatable bonds is 4. The van der Waals surface area contributed by atoms with Crippen molar-refractivity contribution in [2.24, 2.45) is 0 Å². The first-order valence-electron chi connectivity index (χ1n) is 6.44. The molecule has 0 atom stereocenters. The first kappa shape index (κ1) is 17.0. The Morgan fingerprint density at radius 1 is 1.41 bits per heavy atom. The number of aryl methyl sites for hydroxylation is 1. The minimum Gasteiger partial charge on any atom is -0.496 e.